The second-order valence-electron chi connectivity index (χ2n) is 9.01. The lowest BCUT2D eigenvalue weighted by Crippen LogP contribution is -2.47. The van der Waals surface area contributed by atoms with Crippen LogP contribution in [0.4, 0.5) is 4.39 Å². The zero-order valence-corrected chi connectivity index (χ0v) is 18.9. The standard InChI is InChI=1S/C27H28FN3O2/c1-19(2)30-26(33)27(12-14-31(18-27)25(32)22-5-3-7-24(28)15-22)16-20-8-10-21(11-9-20)23-6-4-13-29-17-23/h3-11,13,15,17,19H,12,14,16,18H2,1-2H3,(H,30,33). The first-order valence-corrected chi connectivity index (χ1v) is 11.2. The van der Waals surface area contributed by atoms with E-state index in [0.29, 0.717) is 31.5 Å². The fourth-order valence-electron chi connectivity index (χ4n) is 4.41. The van der Waals surface area contributed by atoms with E-state index in [9.17, 15) is 14.0 Å². The van der Waals surface area contributed by atoms with Gasteiger partial charge in [0.1, 0.15) is 5.82 Å². The molecule has 0 radical (unpaired) electrons. The molecule has 5 nitrogen and oxygen atoms in total. The number of hydrogen-bond donors (Lipinski definition) is 1. The minimum absolute atomic E-state index is 0.00435. The van der Waals surface area contributed by atoms with Crippen LogP contribution in [0.5, 0.6) is 0 Å². The van der Waals surface area contributed by atoms with Crippen molar-refractivity contribution in [2.75, 3.05) is 13.1 Å². The van der Waals surface area contributed by atoms with Crippen molar-refractivity contribution in [3.8, 4) is 11.1 Å². The highest BCUT2D eigenvalue weighted by atomic mass is 19.1. The van der Waals surface area contributed by atoms with Crippen LogP contribution in [-0.4, -0.2) is 40.8 Å². The van der Waals surface area contributed by atoms with Gasteiger partial charge in [0.15, 0.2) is 0 Å². The first-order chi connectivity index (χ1) is 15.9. The molecule has 0 bridgehead atoms. The van der Waals surface area contributed by atoms with Crippen molar-refractivity contribution in [1.29, 1.82) is 0 Å². The lowest BCUT2D eigenvalue weighted by molar-refractivity contribution is -0.130. The fourth-order valence-corrected chi connectivity index (χ4v) is 4.41. The van der Waals surface area contributed by atoms with Crippen molar-refractivity contribution in [3.63, 3.8) is 0 Å². The van der Waals surface area contributed by atoms with Crippen molar-refractivity contribution < 1.29 is 14.0 Å². The molecule has 1 fully saturated rings. The van der Waals surface area contributed by atoms with Crippen LogP contribution in [0.1, 0.15) is 36.2 Å². The summed E-state index contributed by atoms with van der Waals surface area (Å²) < 4.78 is 13.6. The first kappa shape index (κ1) is 22.6. The molecule has 6 heteroatoms. The second-order valence-corrected chi connectivity index (χ2v) is 9.01. The smallest absolute Gasteiger partial charge is 0.253 e. The predicted octanol–water partition coefficient (Wildman–Crippen LogP) is 4.49. The third-order valence-electron chi connectivity index (χ3n) is 6.11. The third-order valence-corrected chi connectivity index (χ3v) is 6.11. The monoisotopic (exact) mass is 445 g/mol. The van der Waals surface area contributed by atoms with E-state index in [1.165, 1.54) is 18.2 Å². The lowest BCUT2D eigenvalue weighted by atomic mass is 9.79. The number of rotatable bonds is 6. The Labute approximate surface area is 193 Å². The summed E-state index contributed by atoms with van der Waals surface area (Å²) in [6.07, 6.45) is 4.63. The van der Waals surface area contributed by atoms with Gasteiger partial charge in [-0.1, -0.05) is 36.4 Å². The number of amides is 2. The van der Waals surface area contributed by atoms with E-state index in [1.807, 2.05) is 56.4 Å². The Morgan fingerprint density at radius 3 is 2.55 bits per heavy atom. The average Bonchev–Trinajstić information content (AvgIpc) is 3.24. The van der Waals surface area contributed by atoms with Gasteiger partial charge in [-0.25, -0.2) is 4.39 Å². The molecule has 1 N–H and O–H groups in total. The zero-order valence-electron chi connectivity index (χ0n) is 18.9. The van der Waals surface area contributed by atoms with Gasteiger partial charge in [0.2, 0.25) is 5.91 Å². The normalized spacial score (nSPS) is 17.9. The molecule has 0 saturated carbocycles. The van der Waals surface area contributed by atoms with Crippen LogP contribution in [0, 0.1) is 11.2 Å². The van der Waals surface area contributed by atoms with E-state index in [0.717, 1.165) is 16.7 Å². The summed E-state index contributed by atoms with van der Waals surface area (Å²) in [6.45, 7) is 4.61. The quantitative estimate of drug-likeness (QED) is 0.608. The van der Waals surface area contributed by atoms with Crippen LogP contribution in [0.25, 0.3) is 11.1 Å². The van der Waals surface area contributed by atoms with E-state index in [2.05, 4.69) is 10.3 Å². The average molecular weight is 446 g/mol. The highest BCUT2D eigenvalue weighted by Gasteiger charge is 2.46. The molecule has 1 aliphatic heterocycles. The Hall–Kier alpha value is -3.54. The molecule has 1 aliphatic rings. The maximum atomic E-state index is 13.6. The Balaban J connectivity index is 1.56. The molecule has 0 spiro atoms. The highest BCUT2D eigenvalue weighted by Crippen LogP contribution is 2.36. The third kappa shape index (κ3) is 5.11. The van der Waals surface area contributed by atoms with Gasteiger partial charge >= 0.3 is 0 Å². The largest absolute Gasteiger partial charge is 0.353 e. The van der Waals surface area contributed by atoms with Gasteiger partial charge in [-0.3, -0.25) is 14.6 Å². The van der Waals surface area contributed by atoms with E-state index in [4.69, 9.17) is 0 Å². The maximum Gasteiger partial charge on any atom is 0.253 e. The molecule has 3 aromatic rings. The van der Waals surface area contributed by atoms with Gasteiger partial charge in [-0.15, -0.1) is 0 Å². The van der Waals surface area contributed by atoms with Crippen molar-refractivity contribution in [1.82, 2.24) is 15.2 Å². The van der Waals surface area contributed by atoms with Gasteiger partial charge in [-0.05, 0) is 67.6 Å². The summed E-state index contributed by atoms with van der Waals surface area (Å²) >= 11 is 0. The van der Waals surface area contributed by atoms with Gasteiger partial charge < -0.3 is 10.2 Å². The number of benzene rings is 2. The Bertz CT molecular complexity index is 1130. The lowest BCUT2D eigenvalue weighted by Gasteiger charge is -2.29. The molecule has 2 heterocycles. The number of hydrogen-bond acceptors (Lipinski definition) is 3. The number of pyridine rings is 1. The molecular weight excluding hydrogens is 417 g/mol. The maximum absolute atomic E-state index is 13.6. The molecule has 33 heavy (non-hydrogen) atoms. The molecule has 2 aromatic carbocycles. The van der Waals surface area contributed by atoms with Gasteiger partial charge in [0, 0.05) is 37.1 Å². The van der Waals surface area contributed by atoms with E-state index in [1.54, 1.807) is 17.2 Å². The molecule has 1 aromatic heterocycles. The number of carbonyl (C=O) groups is 2. The van der Waals surface area contributed by atoms with Crippen LogP contribution in [0.3, 0.4) is 0 Å². The van der Waals surface area contributed by atoms with Crippen molar-refractivity contribution >= 4 is 11.8 Å². The Morgan fingerprint density at radius 1 is 1.09 bits per heavy atom. The second kappa shape index (κ2) is 9.53. The van der Waals surface area contributed by atoms with E-state index < -0.39 is 11.2 Å². The summed E-state index contributed by atoms with van der Waals surface area (Å²) in [7, 11) is 0. The van der Waals surface area contributed by atoms with Crippen molar-refractivity contribution in [2.45, 2.75) is 32.7 Å². The van der Waals surface area contributed by atoms with Crippen molar-refractivity contribution in [2.24, 2.45) is 5.41 Å². The number of carbonyl (C=O) groups excluding carboxylic acids is 2. The number of aromatic nitrogens is 1. The number of nitrogens with one attached hydrogen (secondary N) is 1. The predicted molar refractivity (Wildman–Crippen MR) is 126 cm³/mol. The number of halogens is 1. The SMILES string of the molecule is CC(C)NC(=O)C1(Cc2ccc(-c3cccnc3)cc2)CCN(C(=O)c2cccc(F)c2)C1. The molecule has 170 valence electrons. The van der Waals surface area contributed by atoms with E-state index >= 15 is 0 Å². The molecular formula is C27H28FN3O2. The summed E-state index contributed by atoms with van der Waals surface area (Å²) in [6, 6.07) is 17.7. The minimum Gasteiger partial charge on any atom is -0.353 e. The van der Waals surface area contributed by atoms with Gasteiger partial charge in [0.05, 0.1) is 5.41 Å². The highest BCUT2D eigenvalue weighted by molar-refractivity contribution is 5.95. The van der Waals surface area contributed by atoms with Gasteiger partial charge in [0.25, 0.3) is 5.91 Å². The molecule has 1 atom stereocenters. The van der Waals surface area contributed by atoms with Crippen molar-refractivity contribution in [3.05, 3.63) is 90.0 Å². The zero-order chi connectivity index (χ0) is 23.4. The summed E-state index contributed by atoms with van der Waals surface area (Å²) in [4.78, 5) is 32.2. The summed E-state index contributed by atoms with van der Waals surface area (Å²) in [5.74, 6) is -0.749. The molecule has 2 amide bonds. The van der Waals surface area contributed by atoms with Gasteiger partial charge in [-0.2, -0.15) is 0 Å². The minimum atomic E-state index is -0.733. The Morgan fingerprint density at radius 2 is 1.88 bits per heavy atom. The van der Waals surface area contributed by atoms with Crippen LogP contribution in [-0.2, 0) is 11.2 Å². The molecule has 4 rings (SSSR count). The Kier molecular flexibility index (Phi) is 6.54. The topological polar surface area (TPSA) is 62.3 Å². The first-order valence-electron chi connectivity index (χ1n) is 11.2. The molecule has 1 unspecified atom stereocenters. The number of nitrogens with zero attached hydrogens (tertiary/aromatic N) is 2. The summed E-state index contributed by atoms with van der Waals surface area (Å²) in [5.41, 5.74) is 2.69. The van der Waals surface area contributed by atoms with Crippen LogP contribution < -0.4 is 5.32 Å². The molecule has 0 aliphatic carbocycles. The molecule has 1 saturated heterocycles. The van der Waals surface area contributed by atoms with Crippen LogP contribution in [0.15, 0.2) is 73.1 Å². The fraction of sp³-hybridized carbons (Fsp3) is 0.296. The van der Waals surface area contributed by atoms with E-state index in [-0.39, 0.29) is 17.9 Å². The van der Waals surface area contributed by atoms with Crippen LogP contribution in [0.2, 0.25) is 0 Å². The van der Waals surface area contributed by atoms with Crippen LogP contribution >= 0.6 is 0 Å². The summed E-state index contributed by atoms with van der Waals surface area (Å²) in [5, 5.41) is 3.05. The number of likely N-dealkylation sites (tertiary alicyclic amines) is 1.